The van der Waals surface area contributed by atoms with Crippen LogP contribution in [0.3, 0.4) is 0 Å². The van der Waals surface area contributed by atoms with E-state index in [1.54, 1.807) is 37.4 Å². The van der Waals surface area contributed by atoms with E-state index >= 15 is 0 Å². The van der Waals surface area contributed by atoms with Crippen LogP contribution in [0.25, 0.3) is 0 Å². The fraction of sp³-hybridized carbons (Fsp3) is 0.412. The summed E-state index contributed by atoms with van der Waals surface area (Å²) in [5, 5.41) is 0. The van der Waals surface area contributed by atoms with Gasteiger partial charge in [0.25, 0.3) is 5.91 Å². The van der Waals surface area contributed by atoms with Gasteiger partial charge in [0.05, 0.1) is 32.0 Å². The fourth-order valence-corrected chi connectivity index (χ4v) is 2.08. The Morgan fingerprint density at radius 2 is 2.33 bits per heavy atom. The van der Waals surface area contributed by atoms with Crippen molar-refractivity contribution in [1.29, 1.82) is 0 Å². The van der Waals surface area contributed by atoms with E-state index in [1.807, 2.05) is 19.9 Å². The molecule has 2 rings (SSSR count). The van der Waals surface area contributed by atoms with Gasteiger partial charge in [0.1, 0.15) is 12.4 Å². The number of carbonyl (C=O) groups excluding carboxylic acids is 1. The lowest BCUT2D eigenvalue weighted by molar-refractivity contribution is -0.127. The van der Waals surface area contributed by atoms with Crippen LogP contribution < -0.4 is 4.74 Å². The highest BCUT2D eigenvalue weighted by atomic mass is 16.5. The number of rotatable bonds is 5. The molecule has 0 spiro atoms. The minimum Gasteiger partial charge on any atom is -0.490 e. The average Bonchev–Trinajstić information content (AvgIpc) is 2.73. The Kier molecular flexibility index (Phi) is 6.06. The molecule has 7 nitrogen and oxygen atoms in total. The second-order valence-electron chi connectivity index (χ2n) is 5.27. The summed E-state index contributed by atoms with van der Waals surface area (Å²) in [5.74, 6) is 1.38. The Morgan fingerprint density at radius 3 is 3.04 bits per heavy atom. The van der Waals surface area contributed by atoms with Crippen molar-refractivity contribution in [3.63, 3.8) is 0 Å². The number of carbonyl (C=O) groups is 1. The van der Waals surface area contributed by atoms with Crippen LogP contribution in [0, 0.1) is 0 Å². The lowest BCUT2D eigenvalue weighted by Gasteiger charge is -2.19. The molecule has 1 aliphatic rings. The van der Waals surface area contributed by atoms with Crippen molar-refractivity contribution in [1.82, 2.24) is 14.9 Å². The molecule has 7 heteroatoms. The SMILES string of the molecule is C/C=C(/C)N=CC1=C(C)C(=O)N(Cc2nccc(OC)n2)CCO1. The van der Waals surface area contributed by atoms with E-state index in [9.17, 15) is 4.79 Å². The van der Waals surface area contributed by atoms with Crippen molar-refractivity contribution in [3.8, 4) is 5.88 Å². The van der Waals surface area contributed by atoms with Crippen LogP contribution in [-0.4, -0.2) is 47.3 Å². The zero-order valence-electron chi connectivity index (χ0n) is 14.4. The van der Waals surface area contributed by atoms with Gasteiger partial charge in [0, 0.05) is 18.0 Å². The number of hydrogen-bond donors (Lipinski definition) is 0. The molecule has 0 N–H and O–H groups in total. The maximum atomic E-state index is 12.7. The van der Waals surface area contributed by atoms with Gasteiger partial charge in [-0.3, -0.25) is 9.79 Å². The largest absolute Gasteiger partial charge is 0.490 e. The van der Waals surface area contributed by atoms with Crippen molar-refractivity contribution in [3.05, 3.63) is 41.2 Å². The molecule has 0 radical (unpaired) electrons. The van der Waals surface area contributed by atoms with E-state index in [4.69, 9.17) is 9.47 Å². The van der Waals surface area contributed by atoms with E-state index < -0.39 is 0 Å². The first-order valence-electron chi connectivity index (χ1n) is 7.71. The van der Waals surface area contributed by atoms with Crippen molar-refractivity contribution >= 4 is 12.1 Å². The van der Waals surface area contributed by atoms with Gasteiger partial charge in [-0.05, 0) is 20.8 Å². The van der Waals surface area contributed by atoms with Crippen molar-refractivity contribution in [2.75, 3.05) is 20.3 Å². The van der Waals surface area contributed by atoms with Gasteiger partial charge < -0.3 is 14.4 Å². The zero-order chi connectivity index (χ0) is 17.5. The summed E-state index contributed by atoms with van der Waals surface area (Å²) in [6.45, 7) is 6.68. The first-order valence-corrected chi connectivity index (χ1v) is 7.71. The summed E-state index contributed by atoms with van der Waals surface area (Å²) >= 11 is 0. The number of aromatic nitrogens is 2. The smallest absolute Gasteiger partial charge is 0.253 e. The van der Waals surface area contributed by atoms with Crippen molar-refractivity contribution < 1.29 is 14.3 Å². The number of methoxy groups -OCH3 is 1. The molecule has 0 fully saturated rings. The molecular weight excluding hydrogens is 308 g/mol. The Labute approximate surface area is 141 Å². The lowest BCUT2D eigenvalue weighted by atomic mass is 10.2. The molecule has 0 saturated heterocycles. The highest BCUT2D eigenvalue weighted by molar-refractivity contribution is 5.98. The van der Waals surface area contributed by atoms with Gasteiger partial charge in [-0.1, -0.05) is 6.08 Å². The molecule has 0 aliphatic carbocycles. The van der Waals surface area contributed by atoms with Crippen LogP contribution in [0.15, 0.2) is 40.4 Å². The number of aliphatic imine (C=N–C) groups is 1. The number of hydrogen-bond acceptors (Lipinski definition) is 6. The molecule has 1 aromatic rings. The van der Waals surface area contributed by atoms with E-state index in [0.29, 0.717) is 42.7 Å². The highest BCUT2D eigenvalue weighted by Gasteiger charge is 2.23. The van der Waals surface area contributed by atoms with Crippen molar-refractivity contribution in [2.24, 2.45) is 4.99 Å². The molecule has 0 atom stereocenters. The van der Waals surface area contributed by atoms with Crippen LogP contribution in [0.2, 0.25) is 0 Å². The van der Waals surface area contributed by atoms with Crippen LogP contribution in [0.1, 0.15) is 26.6 Å². The zero-order valence-corrected chi connectivity index (χ0v) is 14.4. The second kappa shape index (κ2) is 8.24. The third-order valence-electron chi connectivity index (χ3n) is 3.62. The predicted molar refractivity (Wildman–Crippen MR) is 90.6 cm³/mol. The normalized spacial score (nSPS) is 16.4. The Morgan fingerprint density at radius 1 is 1.54 bits per heavy atom. The maximum absolute atomic E-state index is 12.7. The number of ether oxygens (including phenoxy) is 2. The van der Waals surface area contributed by atoms with Gasteiger partial charge in [0.2, 0.25) is 5.88 Å². The van der Waals surface area contributed by atoms with E-state index in [1.165, 1.54) is 0 Å². The first-order chi connectivity index (χ1) is 11.5. The minimum absolute atomic E-state index is 0.112. The molecule has 1 amide bonds. The van der Waals surface area contributed by atoms with Crippen molar-refractivity contribution in [2.45, 2.75) is 27.3 Å². The molecule has 1 aromatic heterocycles. The van der Waals surface area contributed by atoms with Gasteiger partial charge >= 0.3 is 0 Å². The molecule has 1 aliphatic heterocycles. The van der Waals surface area contributed by atoms with Gasteiger partial charge in [-0.15, -0.1) is 0 Å². The first kappa shape index (κ1) is 17.7. The van der Waals surface area contributed by atoms with Crippen LogP contribution >= 0.6 is 0 Å². The third kappa shape index (κ3) is 4.41. The molecular formula is C17H22N4O3. The monoisotopic (exact) mass is 330 g/mol. The molecule has 2 heterocycles. The van der Waals surface area contributed by atoms with Crippen LogP contribution in [0.4, 0.5) is 0 Å². The van der Waals surface area contributed by atoms with Crippen LogP contribution in [-0.2, 0) is 16.1 Å². The molecule has 0 bridgehead atoms. The minimum atomic E-state index is -0.112. The molecule has 0 saturated carbocycles. The topological polar surface area (TPSA) is 76.9 Å². The van der Waals surface area contributed by atoms with Gasteiger partial charge in [-0.2, -0.15) is 4.98 Å². The molecule has 24 heavy (non-hydrogen) atoms. The maximum Gasteiger partial charge on any atom is 0.253 e. The summed E-state index contributed by atoms with van der Waals surface area (Å²) in [7, 11) is 1.54. The Bertz CT molecular complexity index is 695. The summed E-state index contributed by atoms with van der Waals surface area (Å²) in [4.78, 5) is 27.0. The van der Waals surface area contributed by atoms with Gasteiger partial charge in [0.15, 0.2) is 5.82 Å². The second-order valence-corrected chi connectivity index (χ2v) is 5.27. The number of amides is 1. The standard InChI is InChI=1S/C17H22N4O3/c1-5-12(2)19-10-14-13(3)17(22)21(8-9-24-14)11-15-18-7-6-16(20-15)23-4/h5-7,10H,8-9,11H2,1-4H3/b12-5-,19-10?. The average molecular weight is 330 g/mol. The summed E-state index contributed by atoms with van der Waals surface area (Å²) < 4.78 is 10.8. The number of nitrogens with zero attached hydrogens (tertiary/aromatic N) is 4. The Hall–Kier alpha value is -2.70. The summed E-state index contributed by atoms with van der Waals surface area (Å²) in [5.41, 5.74) is 1.38. The number of allylic oxidation sites excluding steroid dienone is 3. The van der Waals surface area contributed by atoms with E-state index in [2.05, 4.69) is 15.0 Å². The molecule has 128 valence electrons. The lowest BCUT2D eigenvalue weighted by Crippen LogP contribution is -2.33. The fourth-order valence-electron chi connectivity index (χ4n) is 2.08. The summed E-state index contributed by atoms with van der Waals surface area (Å²) in [6, 6.07) is 1.67. The third-order valence-corrected chi connectivity index (χ3v) is 3.62. The molecule has 0 unspecified atom stereocenters. The Balaban J connectivity index is 2.17. The molecule has 0 aromatic carbocycles. The van der Waals surface area contributed by atoms with Gasteiger partial charge in [-0.25, -0.2) is 4.98 Å². The van der Waals surface area contributed by atoms with E-state index in [0.717, 1.165) is 5.70 Å². The highest BCUT2D eigenvalue weighted by Crippen LogP contribution is 2.15. The van der Waals surface area contributed by atoms with Crippen LogP contribution in [0.5, 0.6) is 5.88 Å². The quantitative estimate of drug-likeness (QED) is 0.773. The van der Waals surface area contributed by atoms with E-state index in [-0.39, 0.29) is 5.91 Å². The summed E-state index contributed by atoms with van der Waals surface area (Å²) in [6.07, 6.45) is 5.09. The predicted octanol–water partition coefficient (Wildman–Crippen LogP) is 2.11.